The lowest BCUT2D eigenvalue weighted by molar-refractivity contribution is 0.193. The second kappa shape index (κ2) is 9.26. The van der Waals surface area contributed by atoms with Crippen LogP contribution in [0.4, 0.5) is 14.9 Å². The SMILES string of the molecule is Cc1ccc(OCCCNC(=O)N2CCN(c3ccc(F)cc3)CC2)cc1. The molecule has 0 atom stereocenters. The van der Waals surface area contributed by atoms with E-state index in [4.69, 9.17) is 4.74 Å². The molecular formula is C21H26FN3O2. The molecule has 0 spiro atoms. The maximum absolute atomic E-state index is 13.0. The van der Waals surface area contributed by atoms with Crippen LogP contribution in [0.25, 0.3) is 0 Å². The maximum Gasteiger partial charge on any atom is 0.317 e. The van der Waals surface area contributed by atoms with Crippen LogP contribution >= 0.6 is 0 Å². The van der Waals surface area contributed by atoms with Crippen LogP contribution < -0.4 is 15.0 Å². The Bertz CT molecular complexity index is 726. The highest BCUT2D eigenvalue weighted by Crippen LogP contribution is 2.17. The van der Waals surface area contributed by atoms with Crippen molar-refractivity contribution in [3.8, 4) is 5.75 Å². The van der Waals surface area contributed by atoms with E-state index in [1.165, 1.54) is 17.7 Å². The largest absolute Gasteiger partial charge is 0.494 e. The van der Waals surface area contributed by atoms with Gasteiger partial charge >= 0.3 is 6.03 Å². The van der Waals surface area contributed by atoms with Gasteiger partial charge in [-0.3, -0.25) is 0 Å². The first-order valence-corrected chi connectivity index (χ1v) is 9.34. The molecule has 6 heteroatoms. The van der Waals surface area contributed by atoms with Gasteiger partial charge in [0, 0.05) is 38.4 Å². The lowest BCUT2D eigenvalue weighted by Crippen LogP contribution is -2.52. The molecule has 5 nitrogen and oxygen atoms in total. The summed E-state index contributed by atoms with van der Waals surface area (Å²) in [5.41, 5.74) is 2.19. The molecule has 0 bridgehead atoms. The number of piperazine rings is 1. The summed E-state index contributed by atoms with van der Waals surface area (Å²) in [6.07, 6.45) is 0.759. The Morgan fingerprint density at radius 3 is 2.37 bits per heavy atom. The Balaban J connectivity index is 1.32. The van der Waals surface area contributed by atoms with Crippen molar-refractivity contribution >= 4 is 11.7 Å². The fourth-order valence-electron chi connectivity index (χ4n) is 3.02. The Kier molecular flexibility index (Phi) is 6.52. The monoisotopic (exact) mass is 371 g/mol. The first kappa shape index (κ1) is 19.0. The van der Waals surface area contributed by atoms with E-state index >= 15 is 0 Å². The number of rotatable bonds is 6. The molecule has 0 aromatic heterocycles. The van der Waals surface area contributed by atoms with Crippen molar-refractivity contribution in [2.75, 3.05) is 44.2 Å². The van der Waals surface area contributed by atoms with Gasteiger partial charge in [-0.1, -0.05) is 17.7 Å². The standard InChI is InChI=1S/C21H26FN3O2/c1-17-3-9-20(10-4-17)27-16-2-11-23-21(26)25-14-12-24(13-15-25)19-7-5-18(22)6-8-19/h3-10H,2,11-16H2,1H3,(H,23,26). The predicted octanol–water partition coefficient (Wildman–Crippen LogP) is 3.43. The third-order valence-corrected chi connectivity index (χ3v) is 4.65. The smallest absolute Gasteiger partial charge is 0.317 e. The van der Waals surface area contributed by atoms with E-state index in [9.17, 15) is 9.18 Å². The summed E-state index contributed by atoms with van der Waals surface area (Å²) < 4.78 is 18.7. The zero-order valence-corrected chi connectivity index (χ0v) is 15.7. The van der Waals surface area contributed by atoms with Crippen molar-refractivity contribution in [1.29, 1.82) is 0 Å². The number of amides is 2. The number of carbonyl (C=O) groups excluding carboxylic acids is 1. The molecule has 2 amide bonds. The Labute approximate surface area is 159 Å². The number of halogens is 1. The highest BCUT2D eigenvalue weighted by Gasteiger charge is 2.20. The summed E-state index contributed by atoms with van der Waals surface area (Å²) in [4.78, 5) is 16.2. The molecule has 0 aliphatic carbocycles. The molecule has 27 heavy (non-hydrogen) atoms. The zero-order valence-electron chi connectivity index (χ0n) is 15.7. The van der Waals surface area contributed by atoms with E-state index in [0.717, 1.165) is 30.9 Å². The molecule has 1 saturated heterocycles. The van der Waals surface area contributed by atoms with Crippen molar-refractivity contribution in [2.24, 2.45) is 0 Å². The Morgan fingerprint density at radius 1 is 1.04 bits per heavy atom. The predicted molar refractivity (Wildman–Crippen MR) is 105 cm³/mol. The number of benzene rings is 2. The van der Waals surface area contributed by atoms with Crippen molar-refractivity contribution < 1.29 is 13.9 Å². The lowest BCUT2D eigenvalue weighted by atomic mass is 10.2. The minimum absolute atomic E-state index is 0.0379. The van der Waals surface area contributed by atoms with E-state index in [0.29, 0.717) is 26.2 Å². The lowest BCUT2D eigenvalue weighted by Gasteiger charge is -2.36. The number of aryl methyl sites for hydroxylation is 1. The van der Waals surface area contributed by atoms with Gasteiger partial charge in [0.2, 0.25) is 0 Å². The zero-order chi connectivity index (χ0) is 19.1. The normalized spacial score (nSPS) is 14.1. The van der Waals surface area contributed by atoms with Gasteiger partial charge in [-0.15, -0.1) is 0 Å². The van der Waals surface area contributed by atoms with Crippen LogP contribution in [0.15, 0.2) is 48.5 Å². The molecule has 0 radical (unpaired) electrons. The van der Waals surface area contributed by atoms with E-state index in [-0.39, 0.29) is 11.8 Å². The molecule has 1 aliphatic heterocycles. The molecule has 1 fully saturated rings. The molecule has 0 saturated carbocycles. The third-order valence-electron chi connectivity index (χ3n) is 4.65. The average molecular weight is 371 g/mol. The van der Waals surface area contributed by atoms with Gasteiger partial charge in [-0.05, 0) is 49.7 Å². The number of hydrogen-bond acceptors (Lipinski definition) is 3. The fraction of sp³-hybridized carbons (Fsp3) is 0.381. The molecule has 1 heterocycles. The minimum atomic E-state index is -0.233. The van der Waals surface area contributed by atoms with Gasteiger partial charge in [-0.2, -0.15) is 0 Å². The highest BCUT2D eigenvalue weighted by molar-refractivity contribution is 5.74. The molecule has 1 aliphatic rings. The summed E-state index contributed by atoms with van der Waals surface area (Å²) >= 11 is 0. The van der Waals surface area contributed by atoms with Crippen molar-refractivity contribution in [3.05, 3.63) is 59.9 Å². The molecule has 2 aromatic rings. The van der Waals surface area contributed by atoms with Gasteiger partial charge in [-0.25, -0.2) is 9.18 Å². The van der Waals surface area contributed by atoms with Gasteiger partial charge < -0.3 is 19.9 Å². The number of nitrogens with one attached hydrogen (secondary N) is 1. The molecule has 3 rings (SSSR count). The summed E-state index contributed by atoms with van der Waals surface area (Å²) in [6, 6.07) is 14.4. The summed E-state index contributed by atoms with van der Waals surface area (Å²) in [7, 11) is 0. The molecule has 144 valence electrons. The van der Waals surface area contributed by atoms with Crippen LogP contribution in [0.5, 0.6) is 5.75 Å². The first-order chi connectivity index (χ1) is 13.1. The van der Waals surface area contributed by atoms with Gasteiger partial charge in [0.15, 0.2) is 0 Å². The van der Waals surface area contributed by atoms with Gasteiger partial charge in [0.1, 0.15) is 11.6 Å². The van der Waals surface area contributed by atoms with Crippen LogP contribution in [0.2, 0.25) is 0 Å². The van der Waals surface area contributed by atoms with Gasteiger partial charge in [0.25, 0.3) is 0 Å². The molecule has 0 unspecified atom stereocenters. The Morgan fingerprint density at radius 2 is 1.70 bits per heavy atom. The second-order valence-electron chi connectivity index (χ2n) is 6.70. The summed E-state index contributed by atoms with van der Waals surface area (Å²) in [5, 5.41) is 2.95. The van der Waals surface area contributed by atoms with Crippen LogP contribution in [-0.4, -0.2) is 50.3 Å². The number of carbonyl (C=O) groups is 1. The third kappa shape index (κ3) is 5.61. The topological polar surface area (TPSA) is 44.8 Å². The molecule has 2 aromatic carbocycles. The maximum atomic E-state index is 13.0. The van der Waals surface area contributed by atoms with Crippen LogP contribution in [0, 0.1) is 12.7 Å². The molecule has 1 N–H and O–H groups in total. The van der Waals surface area contributed by atoms with Crippen LogP contribution in [0.1, 0.15) is 12.0 Å². The number of ether oxygens (including phenoxy) is 1. The van der Waals surface area contributed by atoms with Gasteiger partial charge in [0.05, 0.1) is 6.61 Å². The second-order valence-corrected chi connectivity index (χ2v) is 6.70. The van der Waals surface area contributed by atoms with E-state index < -0.39 is 0 Å². The fourth-order valence-corrected chi connectivity index (χ4v) is 3.02. The number of nitrogens with zero attached hydrogens (tertiary/aromatic N) is 2. The quantitative estimate of drug-likeness (QED) is 0.792. The van der Waals surface area contributed by atoms with Crippen molar-refractivity contribution in [2.45, 2.75) is 13.3 Å². The van der Waals surface area contributed by atoms with E-state index in [2.05, 4.69) is 10.2 Å². The highest BCUT2D eigenvalue weighted by atomic mass is 19.1. The number of hydrogen-bond donors (Lipinski definition) is 1. The average Bonchev–Trinajstić information content (AvgIpc) is 2.70. The van der Waals surface area contributed by atoms with Crippen LogP contribution in [0.3, 0.4) is 0 Å². The summed E-state index contributed by atoms with van der Waals surface area (Å²) in [6.45, 7) is 6.00. The number of anilines is 1. The first-order valence-electron chi connectivity index (χ1n) is 9.34. The minimum Gasteiger partial charge on any atom is -0.494 e. The number of urea groups is 1. The van der Waals surface area contributed by atoms with Crippen molar-refractivity contribution in [1.82, 2.24) is 10.2 Å². The van der Waals surface area contributed by atoms with E-state index in [1.807, 2.05) is 36.1 Å². The van der Waals surface area contributed by atoms with Crippen LogP contribution in [-0.2, 0) is 0 Å². The van der Waals surface area contributed by atoms with E-state index in [1.54, 1.807) is 12.1 Å². The summed E-state index contributed by atoms with van der Waals surface area (Å²) in [5.74, 6) is 0.618. The Hall–Kier alpha value is -2.76. The van der Waals surface area contributed by atoms with Crippen molar-refractivity contribution in [3.63, 3.8) is 0 Å². The molecular weight excluding hydrogens is 345 g/mol.